The molecule has 0 spiro atoms. The number of nitrogens with one attached hydrogen (secondary N) is 3. The van der Waals surface area contributed by atoms with Gasteiger partial charge in [-0.2, -0.15) is 0 Å². The first-order valence-corrected chi connectivity index (χ1v) is 8.64. The summed E-state index contributed by atoms with van der Waals surface area (Å²) in [6.07, 6.45) is 0.769. The summed E-state index contributed by atoms with van der Waals surface area (Å²) in [4.78, 5) is 23.6. The first-order valence-electron chi connectivity index (χ1n) is 8.64. The van der Waals surface area contributed by atoms with E-state index in [2.05, 4.69) is 10.6 Å². The van der Waals surface area contributed by atoms with E-state index in [4.69, 9.17) is 5.21 Å². The quantitative estimate of drug-likeness (QED) is 0.454. The molecule has 6 heteroatoms. The third-order valence-corrected chi connectivity index (χ3v) is 4.13. The van der Waals surface area contributed by atoms with E-state index >= 15 is 0 Å². The van der Waals surface area contributed by atoms with Crippen LogP contribution in [0.15, 0.2) is 54.6 Å². The average Bonchev–Trinajstić information content (AvgIpc) is 2.66. The van der Waals surface area contributed by atoms with Crippen LogP contribution >= 0.6 is 0 Å². The van der Waals surface area contributed by atoms with Gasteiger partial charge in [0, 0.05) is 12.1 Å². The van der Waals surface area contributed by atoms with Crippen LogP contribution in [-0.2, 0) is 6.42 Å². The van der Waals surface area contributed by atoms with Crippen molar-refractivity contribution in [1.29, 1.82) is 0 Å². The molecular weight excluding hydrogens is 330 g/mol. The minimum atomic E-state index is -0.565. The summed E-state index contributed by atoms with van der Waals surface area (Å²) >= 11 is 0. The molecule has 0 fully saturated rings. The Kier molecular flexibility index (Phi) is 7.17. The van der Waals surface area contributed by atoms with Crippen molar-refractivity contribution in [3.63, 3.8) is 0 Å². The Hall–Kier alpha value is -2.86. The summed E-state index contributed by atoms with van der Waals surface area (Å²) in [6.45, 7) is 4.59. The Morgan fingerprint density at radius 2 is 1.65 bits per heavy atom. The monoisotopic (exact) mass is 355 g/mol. The molecule has 0 heterocycles. The second kappa shape index (κ2) is 9.58. The van der Waals surface area contributed by atoms with E-state index in [-0.39, 0.29) is 18.0 Å². The van der Waals surface area contributed by atoms with E-state index in [0.717, 1.165) is 12.0 Å². The van der Waals surface area contributed by atoms with E-state index in [9.17, 15) is 9.59 Å². The van der Waals surface area contributed by atoms with E-state index in [1.54, 1.807) is 29.7 Å². The zero-order valence-corrected chi connectivity index (χ0v) is 15.0. The highest BCUT2D eigenvalue weighted by atomic mass is 16.5. The van der Waals surface area contributed by atoms with Crippen LogP contribution in [0.3, 0.4) is 0 Å². The molecule has 0 bridgehead atoms. The number of rotatable bonds is 7. The molecule has 3 amide bonds. The van der Waals surface area contributed by atoms with Crippen molar-refractivity contribution < 1.29 is 14.8 Å². The molecule has 6 nitrogen and oxygen atoms in total. The molecule has 1 atom stereocenters. The number of benzene rings is 2. The average molecular weight is 355 g/mol. The fraction of sp³-hybridized carbons (Fsp3) is 0.300. The third-order valence-electron chi connectivity index (χ3n) is 4.13. The lowest BCUT2D eigenvalue weighted by molar-refractivity contribution is 0.0706. The highest BCUT2D eigenvalue weighted by molar-refractivity contribution is 5.93. The SMILES string of the molecule is CC(C)[C@@H](NC(=O)NCCc1ccccc1)c1ccc(C(=O)NO)cc1. The van der Waals surface area contributed by atoms with Gasteiger partial charge in [0.15, 0.2) is 0 Å². The van der Waals surface area contributed by atoms with Gasteiger partial charge in [-0.15, -0.1) is 0 Å². The van der Waals surface area contributed by atoms with Gasteiger partial charge in [-0.25, -0.2) is 10.3 Å². The van der Waals surface area contributed by atoms with Gasteiger partial charge in [0.2, 0.25) is 0 Å². The Morgan fingerprint density at radius 3 is 2.23 bits per heavy atom. The van der Waals surface area contributed by atoms with Gasteiger partial charge in [0.05, 0.1) is 6.04 Å². The lowest BCUT2D eigenvalue weighted by atomic mass is 9.95. The Bertz CT molecular complexity index is 715. The zero-order chi connectivity index (χ0) is 18.9. The van der Waals surface area contributed by atoms with Gasteiger partial charge >= 0.3 is 6.03 Å². The van der Waals surface area contributed by atoms with Crippen LogP contribution in [0, 0.1) is 5.92 Å². The molecule has 0 aliphatic heterocycles. The van der Waals surface area contributed by atoms with Gasteiger partial charge in [0.25, 0.3) is 5.91 Å². The van der Waals surface area contributed by atoms with Crippen molar-refractivity contribution in [2.45, 2.75) is 26.3 Å². The summed E-state index contributed by atoms with van der Waals surface area (Å²) < 4.78 is 0. The van der Waals surface area contributed by atoms with Crippen molar-refractivity contribution in [1.82, 2.24) is 16.1 Å². The molecule has 0 saturated heterocycles. The fourth-order valence-electron chi connectivity index (χ4n) is 2.70. The predicted octanol–water partition coefficient (Wildman–Crippen LogP) is 3.04. The van der Waals surface area contributed by atoms with Crippen molar-refractivity contribution >= 4 is 11.9 Å². The number of carbonyl (C=O) groups is 2. The van der Waals surface area contributed by atoms with Gasteiger partial charge in [-0.1, -0.05) is 56.3 Å². The zero-order valence-electron chi connectivity index (χ0n) is 15.0. The van der Waals surface area contributed by atoms with Crippen molar-refractivity contribution in [3.8, 4) is 0 Å². The number of urea groups is 1. The van der Waals surface area contributed by atoms with Crippen molar-refractivity contribution in [2.75, 3.05) is 6.54 Å². The topological polar surface area (TPSA) is 90.5 Å². The van der Waals surface area contributed by atoms with Gasteiger partial charge < -0.3 is 10.6 Å². The number of hydrogen-bond acceptors (Lipinski definition) is 3. The number of hydrogen-bond donors (Lipinski definition) is 4. The van der Waals surface area contributed by atoms with Crippen molar-refractivity contribution in [3.05, 3.63) is 71.3 Å². The molecule has 0 radical (unpaired) electrons. The first-order chi connectivity index (χ1) is 12.5. The van der Waals surface area contributed by atoms with Crippen LogP contribution in [-0.4, -0.2) is 23.7 Å². The molecule has 0 aliphatic carbocycles. The molecule has 0 saturated carbocycles. The Morgan fingerprint density at radius 1 is 1.00 bits per heavy atom. The molecule has 26 heavy (non-hydrogen) atoms. The van der Waals surface area contributed by atoms with Gasteiger partial charge in [-0.3, -0.25) is 10.0 Å². The fourth-order valence-corrected chi connectivity index (χ4v) is 2.70. The molecule has 0 aromatic heterocycles. The second-order valence-electron chi connectivity index (χ2n) is 6.42. The van der Waals surface area contributed by atoms with Crippen LogP contribution in [0.25, 0.3) is 0 Å². The Labute approximate surface area is 153 Å². The maximum absolute atomic E-state index is 12.2. The normalized spacial score (nSPS) is 11.7. The minimum absolute atomic E-state index is 0.174. The van der Waals surface area contributed by atoms with Gasteiger partial charge in [-0.05, 0) is 35.6 Å². The summed E-state index contributed by atoms with van der Waals surface area (Å²) in [6, 6.07) is 16.4. The van der Waals surface area contributed by atoms with Crippen LogP contribution in [0.4, 0.5) is 4.79 Å². The van der Waals surface area contributed by atoms with Crippen LogP contribution in [0.1, 0.15) is 41.4 Å². The maximum Gasteiger partial charge on any atom is 0.315 e. The summed E-state index contributed by atoms with van der Waals surface area (Å²) in [5, 5.41) is 14.5. The summed E-state index contributed by atoms with van der Waals surface area (Å²) in [7, 11) is 0. The van der Waals surface area contributed by atoms with Crippen LogP contribution in [0.5, 0.6) is 0 Å². The second-order valence-corrected chi connectivity index (χ2v) is 6.42. The molecule has 2 aromatic carbocycles. The highest BCUT2D eigenvalue weighted by Crippen LogP contribution is 2.22. The number of amides is 3. The minimum Gasteiger partial charge on any atom is -0.338 e. The molecular formula is C20H25N3O3. The standard InChI is InChI=1S/C20H25N3O3/c1-14(2)18(16-8-10-17(11-9-16)19(24)23-26)22-20(25)21-13-12-15-6-4-3-5-7-15/h3-11,14,18,26H,12-13H2,1-2H3,(H,23,24)(H2,21,22,25)/t18-/m1/s1. The van der Waals surface area contributed by atoms with E-state index in [1.807, 2.05) is 44.2 Å². The third kappa shape index (κ3) is 5.60. The molecule has 2 aromatic rings. The predicted molar refractivity (Wildman–Crippen MR) is 100.0 cm³/mol. The smallest absolute Gasteiger partial charge is 0.315 e. The lowest BCUT2D eigenvalue weighted by Crippen LogP contribution is -2.40. The number of carbonyl (C=O) groups excluding carboxylic acids is 2. The van der Waals surface area contributed by atoms with E-state index < -0.39 is 5.91 Å². The van der Waals surface area contributed by atoms with Crippen molar-refractivity contribution in [2.24, 2.45) is 5.92 Å². The molecule has 0 aliphatic rings. The van der Waals surface area contributed by atoms with Gasteiger partial charge in [0.1, 0.15) is 0 Å². The van der Waals surface area contributed by atoms with E-state index in [0.29, 0.717) is 12.1 Å². The molecule has 2 rings (SSSR count). The highest BCUT2D eigenvalue weighted by Gasteiger charge is 2.18. The number of hydroxylamine groups is 1. The van der Waals surface area contributed by atoms with E-state index in [1.165, 1.54) is 5.56 Å². The largest absolute Gasteiger partial charge is 0.338 e. The lowest BCUT2D eigenvalue weighted by Gasteiger charge is -2.23. The summed E-state index contributed by atoms with van der Waals surface area (Å²) in [5.74, 6) is -0.392. The van der Waals surface area contributed by atoms with Crippen LogP contribution in [0.2, 0.25) is 0 Å². The molecule has 138 valence electrons. The Balaban J connectivity index is 1.92. The first kappa shape index (κ1) is 19.5. The van der Waals surface area contributed by atoms with Crippen LogP contribution < -0.4 is 16.1 Å². The molecule has 0 unspecified atom stereocenters. The summed E-state index contributed by atoms with van der Waals surface area (Å²) in [5.41, 5.74) is 4.02. The maximum atomic E-state index is 12.2. The molecule has 4 N–H and O–H groups in total.